The number of methoxy groups -OCH3 is 1. The van der Waals surface area contributed by atoms with E-state index in [2.05, 4.69) is 19.2 Å². The van der Waals surface area contributed by atoms with E-state index in [1.807, 2.05) is 4.90 Å². The van der Waals surface area contributed by atoms with Crippen LogP contribution in [0.3, 0.4) is 0 Å². The molecule has 0 aliphatic heterocycles. The van der Waals surface area contributed by atoms with Crippen LogP contribution in [0.2, 0.25) is 0 Å². The predicted octanol–water partition coefficient (Wildman–Crippen LogP) is 1.29. The number of hydrogen-bond acceptors (Lipinski definition) is 3. The highest BCUT2D eigenvalue weighted by molar-refractivity contribution is 5.85. The molecule has 0 aromatic rings. The molecule has 4 nitrogen and oxygen atoms in total. The van der Waals surface area contributed by atoms with Gasteiger partial charge in [0, 0.05) is 26.7 Å². The lowest BCUT2D eigenvalue weighted by atomic mass is 10.3. The minimum absolute atomic E-state index is 0. The van der Waals surface area contributed by atoms with Gasteiger partial charge in [-0.2, -0.15) is 0 Å². The first-order valence-corrected chi connectivity index (χ1v) is 5.73. The first-order valence-electron chi connectivity index (χ1n) is 5.73. The molecule has 0 saturated heterocycles. The molecule has 0 unspecified atom stereocenters. The Bertz CT molecular complexity index is 162. The van der Waals surface area contributed by atoms with Gasteiger partial charge in [-0.1, -0.05) is 13.8 Å². The van der Waals surface area contributed by atoms with Gasteiger partial charge in [-0.15, -0.1) is 12.4 Å². The molecule has 0 aromatic carbocycles. The lowest BCUT2D eigenvalue weighted by molar-refractivity contribution is -0.130. The van der Waals surface area contributed by atoms with Crippen LogP contribution in [0, 0.1) is 0 Å². The van der Waals surface area contributed by atoms with E-state index in [-0.39, 0.29) is 18.3 Å². The van der Waals surface area contributed by atoms with E-state index in [1.165, 1.54) is 0 Å². The van der Waals surface area contributed by atoms with E-state index < -0.39 is 0 Å². The van der Waals surface area contributed by atoms with Gasteiger partial charge >= 0.3 is 0 Å². The summed E-state index contributed by atoms with van der Waals surface area (Å²) in [5.41, 5.74) is 0. The summed E-state index contributed by atoms with van der Waals surface area (Å²) < 4.78 is 4.89. The van der Waals surface area contributed by atoms with E-state index in [0.29, 0.717) is 13.2 Å². The molecule has 0 aliphatic carbocycles. The molecule has 0 heterocycles. The summed E-state index contributed by atoms with van der Waals surface area (Å²) in [6.07, 6.45) is 2.04. The van der Waals surface area contributed by atoms with Crippen molar-refractivity contribution in [1.82, 2.24) is 10.2 Å². The first kappa shape index (κ1) is 18.1. The summed E-state index contributed by atoms with van der Waals surface area (Å²) in [7, 11) is 1.66. The van der Waals surface area contributed by atoms with Gasteiger partial charge in [0.05, 0.1) is 13.2 Å². The minimum atomic E-state index is 0. The molecular weight excluding hydrogens is 228 g/mol. The average molecular weight is 253 g/mol. The van der Waals surface area contributed by atoms with Crippen LogP contribution in [-0.4, -0.2) is 50.7 Å². The standard InChI is InChI=1S/C11H24N2O2.ClH/c1-4-7-13(8-5-2)11(14)10-12-6-9-15-3;/h12H,4-10H2,1-3H3;1H. The van der Waals surface area contributed by atoms with Crippen molar-refractivity contribution in [1.29, 1.82) is 0 Å². The zero-order chi connectivity index (χ0) is 11.5. The molecule has 1 amide bonds. The molecule has 5 heteroatoms. The van der Waals surface area contributed by atoms with Gasteiger partial charge in [0.25, 0.3) is 0 Å². The van der Waals surface area contributed by atoms with Crippen molar-refractivity contribution in [2.75, 3.05) is 39.9 Å². The van der Waals surface area contributed by atoms with Crippen LogP contribution in [0.5, 0.6) is 0 Å². The van der Waals surface area contributed by atoms with E-state index in [9.17, 15) is 4.79 Å². The highest BCUT2D eigenvalue weighted by Crippen LogP contribution is 1.94. The monoisotopic (exact) mass is 252 g/mol. The zero-order valence-corrected chi connectivity index (χ0v) is 11.4. The summed E-state index contributed by atoms with van der Waals surface area (Å²) >= 11 is 0. The van der Waals surface area contributed by atoms with Gasteiger partial charge in [0.1, 0.15) is 0 Å². The number of nitrogens with one attached hydrogen (secondary N) is 1. The minimum Gasteiger partial charge on any atom is -0.383 e. The zero-order valence-electron chi connectivity index (χ0n) is 10.6. The molecule has 0 atom stereocenters. The lowest BCUT2D eigenvalue weighted by Crippen LogP contribution is -2.39. The van der Waals surface area contributed by atoms with Crippen molar-refractivity contribution < 1.29 is 9.53 Å². The molecule has 98 valence electrons. The van der Waals surface area contributed by atoms with Gasteiger partial charge in [-0.05, 0) is 12.8 Å². The van der Waals surface area contributed by atoms with Crippen molar-refractivity contribution in [2.24, 2.45) is 0 Å². The topological polar surface area (TPSA) is 41.6 Å². The fourth-order valence-electron chi connectivity index (χ4n) is 1.38. The number of amides is 1. The normalized spacial score (nSPS) is 9.69. The van der Waals surface area contributed by atoms with Crippen molar-refractivity contribution in [3.63, 3.8) is 0 Å². The number of ether oxygens (including phenoxy) is 1. The molecule has 0 rings (SSSR count). The maximum absolute atomic E-state index is 11.7. The first-order chi connectivity index (χ1) is 7.26. The Hall–Kier alpha value is -0.320. The Morgan fingerprint density at radius 3 is 2.25 bits per heavy atom. The maximum atomic E-state index is 11.7. The highest BCUT2D eigenvalue weighted by atomic mass is 35.5. The molecule has 0 fully saturated rings. The fourth-order valence-corrected chi connectivity index (χ4v) is 1.38. The Labute approximate surface area is 105 Å². The van der Waals surface area contributed by atoms with Gasteiger partial charge < -0.3 is 15.0 Å². The third-order valence-electron chi connectivity index (χ3n) is 2.10. The fraction of sp³-hybridized carbons (Fsp3) is 0.909. The summed E-state index contributed by atoms with van der Waals surface area (Å²) in [4.78, 5) is 13.6. The van der Waals surface area contributed by atoms with Crippen LogP contribution in [-0.2, 0) is 9.53 Å². The van der Waals surface area contributed by atoms with Gasteiger partial charge in [0.15, 0.2) is 0 Å². The summed E-state index contributed by atoms with van der Waals surface area (Å²) in [5.74, 6) is 0.190. The second-order valence-electron chi connectivity index (χ2n) is 3.55. The second-order valence-corrected chi connectivity index (χ2v) is 3.55. The Morgan fingerprint density at radius 1 is 1.25 bits per heavy atom. The van der Waals surface area contributed by atoms with Gasteiger partial charge in [-0.3, -0.25) is 4.79 Å². The van der Waals surface area contributed by atoms with Crippen LogP contribution < -0.4 is 5.32 Å². The van der Waals surface area contributed by atoms with Crippen LogP contribution in [0.25, 0.3) is 0 Å². The largest absolute Gasteiger partial charge is 0.383 e. The number of carbonyl (C=O) groups is 1. The Balaban J connectivity index is 0. The second kappa shape index (κ2) is 12.7. The van der Waals surface area contributed by atoms with Crippen LogP contribution in [0.15, 0.2) is 0 Å². The van der Waals surface area contributed by atoms with E-state index in [0.717, 1.165) is 32.5 Å². The van der Waals surface area contributed by atoms with E-state index in [1.54, 1.807) is 7.11 Å². The summed E-state index contributed by atoms with van der Waals surface area (Å²) in [5, 5.41) is 3.07. The summed E-state index contributed by atoms with van der Waals surface area (Å²) in [6.45, 7) is 7.70. The van der Waals surface area contributed by atoms with E-state index in [4.69, 9.17) is 4.74 Å². The highest BCUT2D eigenvalue weighted by Gasteiger charge is 2.10. The third kappa shape index (κ3) is 8.95. The number of hydrogen-bond donors (Lipinski definition) is 1. The third-order valence-corrected chi connectivity index (χ3v) is 2.10. The summed E-state index contributed by atoms with van der Waals surface area (Å²) in [6, 6.07) is 0. The number of halogens is 1. The SMILES string of the molecule is CCCN(CCC)C(=O)CNCCOC.Cl. The molecule has 0 saturated carbocycles. The molecule has 0 aliphatic rings. The number of nitrogens with zero attached hydrogens (tertiary/aromatic N) is 1. The maximum Gasteiger partial charge on any atom is 0.236 e. The van der Waals surface area contributed by atoms with Crippen molar-refractivity contribution >= 4 is 18.3 Å². The number of carbonyl (C=O) groups excluding carboxylic acids is 1. The van der Waals surface area contributed by atoms with Gasteiger partial charge in [0.2, 0.25) is 5.91 Å². The lowest BCUT2D eigenvalue weighted by Gasteiger charge is -2.21. The molecule has 0 bridgehead atoms. The van der Waals surface area contributed by atoms with Crippen LogP contribution in [0.1, 0.15) is 26.7 Å². The molecule has 0 aromatic heterocycles. The van der Waals surface area contributed by atoms with Crippen LogP contribution >= 0.6 is 12.4 Å². The Morgan fingerprint density at radius 2 is 1.81 bits per heavy atom. The van der Waals surface area contributed by atoms with Crippen molar-refractivity contribution in [3.05, 3.63) is 0 Å². The van der Waals surface area contributed by atoms with E-state index >= 15 is 0 Å². The smallest absolute Gasteiger partial charge is 0.236 e. The average Bonchev–Trinajstić information content (AvgIpc) is 2.24. The van der Waals surface area contributed by atoms with Gasteiger partial charge in [-0.25, -0.2) is 0 Å². The van der Waals surface area contributed by atoms with Crippen molar-refractivity contribution in [3.8, 4) is 0 Å². The molecule has 0 spiro atoms. The molecular formula is C11H25ClN2O2. The molecule has 0 radical (unpaired) electrons. The molecule has 1 N–H and O–H groups in total. The van der Waals surface area contributed by atoms with Crippen LogP contribution in [0.4, 0.5) is 0 Å². The quantitative estimate of drug-likeness (QED) is 0.629. The van der Waals surface area contributed by atoms with Crippen molar-refractivity contribution in [2.45, 2.75) is 26.7 Å². The Kier molecular flexibility index (Phi) is 14.4. The predicted molar refractivity (Wildman–Crippen MR) is 69.2 cm³/mol. The molecule has 16 heavy (non-hydrogen) atoms. The number of rotatable bonds is 9.